The minimum atomic E-state index is -1.03. The van der Waals surface area contributed by atoms with Gasteiger partial charge in [-0.05, 0) is 64.6 Å². The summed E-state index contributed by atoms with van der Waals surface area (Å²) < 4.78 is 19.1. The molecule has 2 aromatic rings. The number of aromatic nitrogens is 3. The van der Waals surface area contributed by atoms with Crippen LogP contribution in [0.5, 0.6) is 5.75 Å². The lowest BCUT2D eigenvalue weighted by Crippen LogP contribution is -2.44. The maximum atomic E-state index is 11.4. The van der Waals surface area contributed by atoms with Gasteiger partial charge in [0.1, 0.15) is 5.75 Å². The molecule has 3 heterocycles. The molecule has 3 atom stereocenters. The molecule has 1 unspecified atom stereocenters. The highest BCUT2D eigenvalue weighted by Gasteiger charge is 2.29. The molecule has 4 rings (SSSR count). The predicted molar refractivity (Wildman–Crippen MR) is 128 cm³/mol. The van der Waals surface area contributed by atoms with E-state index < -0.39 is 12.4 Å². The monoisotopic (exact) mass is 488 g/mol. The van der Waals surface area contributed by atoms with Crippen molar-refractivity contribution in [2.45, 2.75) is 70.6 Å². The van der Waals surface area contributed by atoms with Crippen molar-refractivity contribution in [2.75, 3.05) is 20.3 Å². The smallest absolute Gasteiger partial charge is 0.306 e. The molecular formula is C25H36N4O6. The molecule has 192 valence electrons. The third kappa shape index (κ3) is 6.19. The summed E-state index contributed by atoms with van der Waals surface area (Å²) in [6, 6.07) is 3.98. The van der Waals surface area contributed by atoms with Crippen LogP contribution < -0.4 is 4.74 Å². The molecule has 35 heavy (non-hydrogen) atoms. The van der Waals surface area contributed by atoms with Crippen molar-refractivity contribution < 1.29 is 29.2 Å². The van der Waals surface area contributed by atoms with Gasteiger partial charge in [0.2, 0.25) is 6.41 Å². The van der Waals surface area contributed by atoms with Crippen LogP contribution in [0.15, 0.2) is 18.3 Å². The first kappa shape index (κ1) is 25.6. The molecule has 2 aliphatic rings. The van der Waals surface area contributed by atoms with Gasteiger partial charge in [0, 0.05) is 31.9 Å². The van der Waals surface area contributed by atoms with Gasteiger partial charge in [-0.25, -0.2) is 4.98 Å². The summed E-state index contributed by atoms with van der Waals surface area (Å²) in [6.45, 7) is 3.45. The standard InChI is InChI=1S/C25H36N4O6/c1-16-23(35-19-6-4-5-17(13-19)24(30)31)8-7-21(27-16)20-14-26-29(3)22(20)15-34-25(32)28(2)18-9-11-33-12-10-18/h7-8,14,17-19,25,32H,4-6,9-13,15H2,1-3H3,(H,30,31)/t17-,19-,25?/m0/s1. The van der Waals surface area contributed by atoms with Gasteiger partial charge in [-0.3, -0.25) is 14.4 Å². The van der Waals surface area contributed by atoms with Gasteiger partial charge in [-0.1, -0.05) is 0 Å². The SMILES string of the molecule is Cc1nc(-c2cnn(C)c2COC(O)N(C)C2CCOCC2)ccc1O[C@H]1CCC[C@H](C(=O)O)C1. The fourth-order valence-electron chi connectivity index (χ4n) is 4.87. The zero-order chi connectivity index (χ0) is 24.9. The Morgan fingerprint density at radius 2 is 2.06 bits per heavy atom. The average molecular weight is 489 g/mol. The van der Waals surface area contributed by atoms with E-state index in [1.165, 1.54) is 0 Å². The van der Waals surface area contributed by atoms with Crippen LogP contribution in [0.4, 0.5) is 0 Å². The number of pyridine rings is 1. The second kappa shape index (κ2) is 11.5. The molecule has 1 aliphatic heterocycles. The van der Waals surface area contributed by atoms with Gasteiger partial charge >= 0.3 is 5.97 Å². The predicted octanol–water partition coefficient (Wildman–Crippen LogP) is 2.72. The third-order valence-electron chi connectivity index (χ3n) is 7.13. The zero-order valence-electron chi connectivity index (χ0n) is 20.7. The van der Waals surface area contributed by atoms with Crippen molar-refractivity contribution in [3.8, 4) is 17.0 Å². The van der Waals surface area contributed by atoms with Gasteiger partial charge < -0.3 is 24.4 Å². The Morgan fingerprint density at radius 1 is 1.29 bits per heavy atom. The number of aryl methyl sites for hydroxylation is 2. The molecule has 1 saturated heterocycles. The van der Waals surface area contributed by atoms with E-state index in [2.05, 4.69) is 5.10 Å². The summed E-state index contributed by atoms with van der Waals surface area (Å²) in [6.07, 6.45) is 5.24. The van der Waals surface area contributed by atoms with Crippen molar-refractivity contribution in [3.63, 3.8) is 0 Å². The van der Waals surface area contributed by atoms with Crippen LogP contribution in [0.2, 0.25) is 0 Å². The number of hydrogen-bond acceptors (Lipinski definition) is 8. The van der Waals surface area contributed by atoms with Gasteiger partial charge in [0.25, 0.3) is 0 Å². The minimum absolute atomic E-state index is 0.118. The number of hydrogen-bond donors (Lipinski definition) is 2. The molecule has 0 bridgehead atoms. The van der Waals surface area contributed by atoms with E-state index in [1.807, 2.05) is 38.1 Å². The largest absolute Gasteiger partial charge is 0.489 e. The normalized spacial score (nSPS) is 22.3. The molecular weight excluding hydrogens is 452 g/mol. The molecule has 10 heteroatoms. The van der Waals surface area contributed by atoms with Crippen LogP contribution in [0.25, 0.3) is 11.3 Å². The molecule has 0 radical (unpaired) electrons. The number of rotatable bonds is 9. The van der Waals surface area contributed by atoms with Crippen LogP contribution in [0.3, 0.4) is 0 Å². The Kier molecular flexibility index (Phi) is 8.38. The molecule has 2 fully saturated rings. The quantitative estimate of drug-likeness (QED) is 0.514. The summed E-state index contributed by atoms with van der Waals surface area (Å²) in [5.41, 5.74) is 3.10. The molecule has 2 aromatic heterocycles. The Hall–Kier alpha value is -2.53. The Balaban J connectivity index is 1.41. The average Bonchev–Trinajstić information content (AvgIpc) is 3.24. The highest BCUT2D eigenvalue weighted by atomic mass is 16.6. The number of aliphatic hydroxyl groups excluding tert-OH is 1. The lowest BCUT2D eigenvalue weighted by atomic mass is 9.87. The lowest BCUT2D eigenvalue weighted by molar-refractivity contribution is -0.210. The number of carboxylic acid groups (broad SMARTS) is 1. The number of nitrogens with zero attached hydrogens (tertiary/aromatic N) is 4. The number of carboxylic acids is 1. The number of aliphatic hydroxyl groups is 1. The molecule has 1 saturated carbocycles. The van der Waals surface area contributed by atoms with E-state index in [0.29, 0.717) is 31.8 Å². The van der Waals surface area contributed by atoms with Crippen molar-refractivity contribution in [1.29, 1.82) is 0 Å². The summed E-state index contributed by atoms with van der Waals surface area (Å²) in [7, 11) is 3.70. The summed E-state index contributed by atoms with van der Waals surface area (Å²) >= 11 is 0. The fraction of sp³-hybridized carbons (Fsp3) is 0.640. The van der Waals surface area contributed by atoms with E-state index in [-0.39, 0.29) is 24.7 Å². The lowest BCUT2D eigenvalue weighted by Gasteiger charge is -2.34. The molecule has 0 spiro atoms. The molecule has 1 aliphatic carbocycles. The van der Waals surface area contributed by atoms with Crippen molar-refractivity contribution in [3.05, 3.63) is 29.7 Å². The molecule has 0 aromatic carbocycles. The Morgan fingerprint density at radius 3 is 2.77 bits per heavy atom. The maximum absolute atomic E-state index is 11.4. The first-order valence-electron chi connectivity index (χ1n) is 12.3. The molecule has 2 N–H and O–H groups in total. The highest BCUT2D eigenvalue weighted by molar-refractivity contribution is 5.70. The van der Waals surface area contributed by atoms with Crippen molar-refractivity contribution in [1.82, 2.24) is 19.7 Å². The summed E-state index contributed by atoms with van der Waals surface area (Å²) in [4.78, 5) is 17.9. The van der Waals surface area contributed by atoms with Crippen LogP contribution in [0, 0.1) is 12.8 Å². The Bertz CT molecular complexity index is 1010. The van der Waals surface area contributed by atoms with E-state index in [4.69, 9.17) is 19.2 Å². The summed E-state index contributed by atoms with van der Waals surface area (Å²) in [5, 5.41) is 24.3. The van der Waals surface area contributed by atoms with Gasteiger partial charge in [0.15, 0.2) is 0 Å². The second-order valence-electron chi connectivity index (χ2n) is 9.50. The Labute approximate surface area is 205 Å². The third-order valence-corrected chi connectivity index (χ3v) is 7.13. The van der Waals surface area contributed by atoms with E-state index in [0.717, 1.165) is 48.3 Å². The van der Waals surface area contributed by atoms with Crippen molar-refractivity contribution in [2.24, 2.45) is 13.0 Å². The van der Waals surface area contributed by atoms with Crippen LogP contribution in [0.1, 0.15) is 49.9 Å². The zero-order valence-corrected chi connectivity index (χ0v) is 20.7. The number of aliphatic carboxylic acids is 1. The van der Waals surface area contributed by atoms with E-state index >= 15 is 0 Å². The first-order chi connectivity index (χ1) is 16.8. The van der Waals surface area contributed by atoms with Gasteiger partial charge in [-0.15, -0.1) is 0 Å². The van der Waals surface area contributed by atoms with E-state index in [9.17, 15) is 15.0 Å². The second-order valence-corrected chi connectivity index (χ2v) is 9.50. The highest BCUT2D eigenvalue weighted by Crippen LogP contribution is 2.31. The number of carbonyl (C=O) groups is 1. The van der Waals surface area contributed by atoms with Crippen LogP contribution >= 0.6 is 0 Å². The fourth-order valence-corrected chi connectivity index (χ4v) is 4.87. The maximum Gasteiger partial charge on any atom is 0.306 e. The minimum Gasteiger partial charge on any atom is -0.489 e. The van der Waals surface area contributed by atoms with Crippen LogP contribution in [-0.2, 0) is 27.9 Å². The number of ether oxygens (including phenoxy) is 3. The van der Waals surface area contributed by atoms with Gasteiger partial charge in [0.05, 0.1) is 41.9 Å². The molecule has 10 nitrogen and oxygen atoms in total. The molecule has 0 amide bonds. The van der Waals surface area contributed by atoms with Crippen molar-refractivity contribution >= 4 is 5.97 Å². The van der Waals surface area contributed by atoms with Gasteiger partial charge in [-0.2, -0.15) is 5.10 Å². The topological polar surface area (TPSA) is 119 Å². The summed E-state index contributed by atoms with van der Waals surface area (Å²) in [5.74, 6) is -0.432. The van der Waals surface area contributed by atoms with Crippen LogP contribution in [-0.4, -0.2) is 74.7 Å². The first-order valence-corrected chi connectivity index (χ1v) is 12.3. The van der Waals surface area contributed by atoms with E-state index in [1.54, 1.807) is 10.9 Å².